The fourth-order valence-electron chi connectivity index (χ4n) is 5.01. The summed E-state index contributed by atoms with van der Waals surface area (Å²) in [5.41, 5.74) is 8.04. The van der Waals surface area contributed by atoms with Crippen molar-refractivity contribution in [1.82, 2.24) is 15.1 Å². The second-order valence-corrected chi connectivity index (χ2v) is 9.44. The fraction of sp³-hybridized carbons (Fsp3) is 0.286. The summed E-state index contributed by atoms with van der Waals surface area (Å²) in [7, 11) is 0. The Hall–Kier alpha value is -3.19. The number of aromatic nitrogens is 2. The monoisotopic (exact) mass is 489 g/mol. The zero-order valence-electron chi connectivity index (χ0n) is 20.1. The maximum atomic E-state index is 13.6. The van der Waals surface area contributed by atoms with Crippen molar-refractivity contribution in [1.29, 1.82) is 0 Å². The maximum Gasteiger partial charge on any atom is 0.196 e. The lowest BCUT2D eigenvalue weighted by atomic mass is 9.87. The van der Waals surface area contributed by atoms with E-state index in [-0.39, 0.29) is 12.4 Å². The molecule has 7 heteroatoms. The first-order chi connectivity index (χ1) is 16.9. The number of halogens is 1. The topological polar surface area (TPSA) is 76.4 Å². The minimum absolute atomic E-state index is 0.0768. The van der Waals surface area contributed by atoms with Crippen molar-refractivity contribution in [3.8, 4) is 17.0 Å². The normalized spacial score (nSPS) is 12.3. The molecule has 0 aliphatic heterocycles. The highest BCUT2D eigenvalue weighted by molar-refractivity contribution is 6.39. The van der Waals surface area contributed by atoms with Crippen LogP contribution in [0, 0.1) is 20.8 Å². The van der Waals surface area contributed by atoms with Gasteiger partial charge in [-0.05, 0) is 55.7 Å². The molecule has 5 rings (SSSR count). The number of rotatable bonds is 8. The third-order valence-corrected chi connectivity index (χ3v) is 6.92. The number of aryl methyl sites for hydroxylation is 3. The highest BCUT2D eigenvalue weighted by atomic mass is 35.5. The molecule has 6 nitrogen and oxygen atoms in total. The number of benzene rings is 3. The molecule has 1 aromatic heterocycles. The van der Waals surface area contributed by atoms with E-state index in [1.165, 1.54) is 16.7 Å². The smallest absolute Gasteiger partial charge is 0.196 e. The molecular formula is C28H28ClN3O3. The van der Waals surface area contributed by atoms with Crippen LogP contribution in [-0.2, 0) is 13.2 Å². The van der Waals surface area contributed by atoms with Gasteiger partial charge in [0.25, 0.3) is 0 Å². The van der Waals surface area contributed by atoms with Crippen LogP contribution in [0.25, 0.3) is 22.2 Å². The van der Waals surface area contributed by atoms with E-state index in [0.717, 1.165) is 16.5 Å². The number of ether oxygens (including phenoxy) is 1. The van der Waals surface area contributed by atoms with E-state index in [4.69, 9.17) is 26.5 Å². The Morgan fingerprint density at radius 2 is 1.83 bits per heavy atom. The van der Waals surface area contributed by atoms with E-state index in [1.807, 2.05) is 28.9 Å². The average Bonchev–Trinajstić information content (AvgIpc) is 3.18. The Kier molecular flexibility index (Phi) is 6.36. The summed E-state index contributed by atoms with van der Waals surface area (Å²) in [5, 5.41) is 18.3. The Morgan fingerprint density at radius 3 is 2.57 bits per heavy atom. The van der Waals surface area contributed by atoms with Crippen LogP contribution in [0.2, 0.25) is 5.02 Å². The van der Waals surface area contributed by atoms with Gasteiger partial charge in [-0.2, -0.15) is 5.10 Å². The molecule has 2 N–H and O–H groups in total. The molecule has 1 aliphatic rings. The van der Waals surface area contributed by atoms with Crippen LogP contribution in [0.3, 0.4) is 0 Å². The van der Waals surface area contributed by atoms with Gasteiger partial charge in [-0.1, -0.05) is 41.4 Å². The second kappa shape index (κ2) is 9.46. The Morgan fingerprint density at radius 1 is 1.06 bits per heavy atom. The molecule has 35 heavy (non-hydrogen) atoms. The first-order valence-corrected chi connectivity index (χ1v) is 12.2. The summed E-state index contributed by atoms with van der Waals surface area (Å²) in [5.74, 6) is 0.514. The van der Waals surface area contributed by atoms with Crippen molar-refractivity contribution in [3.63, 3.8) is 0 Å². The third-order valence-electron chi connectivity index (χ3n) is 6.60. The van der Waals surface area contributed by atoms with Crippen molar-refractivity contribution in [2.45, 2.75) is 33.9 Å². The number of aliphatic hydroxyl groups excluding tert-OH is 1. The van der Waals surface area contributed by atoms with Crippen LogP contribution >= 0.6 is 11.6 Å². The van der Waals surface area contributed by atoms with E-state index in [0.29, 0.717) is 59.4 Å². The molecule has 0 radical (unpaired) electrons. The summed E-state index contributed by atoms with van der Waals surface area (Å²) in [6.07, 6.45) is 0. The predicted octanol–water partition coefficient (Wildman–Crippen LogP) is 4.99. The minimum atomic E-state index is -0.116. The van der Waals surface area contributed by atoms with Gasteiger partial charge >= 0.3 is 0 Å². The van der Waals surface area contributed by atoms with Gasteiger partial charge in [-0.25, -0.2) is 0 Å². The molecule has 0 bridgehead atoms. The zero-order chi connectivity index (χ0) is 24.7. The van der Waals surface area contributed by atoms with E-state index >= 15 is 0 Å². The standard InChI is InChI=1S/C28H28ClN3O3/c1-16-13-17(2)20(18(3)14-16)15-35-23-6-4-5-19-24(23)27-26-22(8-7-21(29)25(26)28(19)34)32(31-27)11-9-30-10-12-33/h4-8,13-14,30,33H,9-12,15H2,1-3H3. The van der Waals surface area contributed by atoms with Crippen LogP contribution in [-0.4, -0.2) is 40.4 Å². The molecular weight excluding hydrogens is 462 g/mol. The van der Waals surface area contributed by atoms with Crippen molar-refractivity contribution in [3.05, 3.63) is 80.9 Å². The number of hydrogen-bond donors (Lipinski definition) is 2. The minimum Gasteiger partial charge on any atom is -0.488 e. The van der Waals surface area contributed by atoms with Crippen LogP contribution in [0.5, 0.6) is 5.75 Å². The summed E-state index contributed by atoms with van der Waals surface area (Å²) in [4.78, 5) is 13.6. The number of nitrogens with zero attached hydrogens (tertiary/aromatic N) is 2. The van der Waals surface area contributed by atoms with Crippen molar-refractivity contribution < 1.29 is 14.6 Å². The molecule has 4 aromatic rings. The van der Waals surface area contributed by atoms with Crippen molar-refractivity contribution in [2.75, 3.05) is 19.7 Å². The number of ketones is 1. The van der Waals surface area contributed by atoms with Gasteiger partial charge in [0.05, 0.1) is 34.8 Å². The average molecular weight is 490 g/mol. The Balaban J connectivity index is 1.59. The van der Waals surface area contributed by atoms with Gasteiger partial charge in [0.2, 0.25) is 0 Å². The lowest BCUT2D eigenvalue weighted by molar-refractivity contribution is 0.104. The van der Waals surface area contributed by atoms with E-state index in [2.05, 4.69) is 38.2 Å². The molecule has 180 valence electrons. The largest absolute Gasteiger partial charge is 0.488 e. The van der Waals surface area contributed by atoms with Crippen molar-refractivity contribution in [2.24, 2.45) is 0 Å². The first-order valence-electron chi connectivity index (χ1n) is 11.8. The van der Waals surface area contributed by atoms with Gasteiger partial charge in [0.15, 0.2) is 5.78 Å². The first kappa shape index (κ1) is 23.5. The molecule has 0 unspecified atom stereocenters. The highest BCUT2D eigenvalue weighted by Gasteiger charge is 2.33. The van der Waals surface area contributed by atoms with E-state index in [9.17, 15) is 4.79 Å². The lowest BCUT2D eigenvalue weighted by Crippen LogP contribution is -2.23. The summed E-state index contributed by atoms with van der Waals surface area (Å²) in [6.45, 7) is 8.50. The van der Waals surface area contributed by atoms with Crippen LogP contribution in [0.1, 0.15) is 38.2 Å². The van der Waals surface area contributed by atoms with Crippen molar-refractivity contribution >= 4 is 28.3 Å². The molecule has 0 saturated carbocycles. The molecule has 0 spiro atoms. The number of nitrogens with one attached hydrogen (secondary N) is 1. The fourth-order valence-corrected chi connectivity index (χ4v) is 5.25. The zero-order valence-corrected chi connectivity index (χ0v) is 20.9. The van der Waals surface area contributed by atoms with E-state index in [1.54, 1.807) is 6.07 Å². The van der Waals surface area contributed by atoms with Gasteiger partial charge in [-0.3, -0.25) is 9.48 Å². The van der Waals surface area contributed by atoms with Crippen LogP contribution in [0.4, 0.5) is 0 Å². The number of aliphatic hydroxyl groups is 1. The number of hydrogen-bond acceptors (Lipinski definition) is 5. The van der Waals surface area contributed by atoms with Crippen LogP contribution < -0.4 is 10.1 Å². The molecule has 1 heterocycles. The predicted molar refractivity (Wildman–Crippen MR) is 139 cm³/mol. The van der Waals surface area contributed by atoms with Gasteiger partial charge in [0.1, 0.15) is 18.1 Å². The Labute approximate surface area is 209 Å². The van der Waals surface area contributed by atoms with Crippen LogP contribution in [0.15, 0.2) is 42.5 Å². The molecule has 1 aliphatic carbocycles. The van der Waals surface area contributed by atoms with Gasteiger partial charge in [0, 0.05) is 24.0 Å². The Bertz CT molecular complexity index is 1430. The SMILES string of the molecule is Cc1cc(C)c(COc2cccc3c2-c2nn(CCNCCO)c4ccc(Cl)c(c24)C3=O)c(C)c1. The molecule has 0 amide bonds. The number of carbonyl (C=O) groups excluding carboxylic acids is 1. The number of fused-ring (bicyclic) bond motifs is 2. The summed E-state index contributed by atoms with van der Waals surface area (Å²) >= 11 is 6.52. The second-order valence-electron chi connectivity index (χ2n) is 9.04. The molecule has 0 saturated heterocycles. The quantitative estimate of drug-likeness (QED) is 0.300. The lowest BCUT2D eigenvalue weighted by Gasteiger charge is -2.20. The molecule has 3 aromatic carbocycles. The molecule has 0 atom stereocenters. The third kappa shape index (κ3) is 4.12. The van der Waals surface area contributed by atoms with Gasteiger partial charge in [-0.15, -0.1) is 0 Å². The van der Waals surface area contributed by atoms with E-state index < -0.39 is 0 Å². The number of carbonyl (C=O) groups is 1. The summed E-state index contributed by atoms with van der Waals surface area (Å²) < 4.78 is 8.26. The summed E-state index contributed by atoms with van der Waals surface area (Å²) in [6, 6.07) is 13.5. The maximum absolute atomic E-state index is 13.6. The highest BCUT2D eigenvalue weighted by Crippen LogP contribution is 2.45. The van der Waals surface area contributed by atoms with Gasteiger partial charge < -0.3 is 15.2 Å². The molecule has 0 fully saturated rings.